The van der Waals surface area contributed by atoms with Gasteiger partial charge in [-0.1, -0.05) is 0 Å². The molecule has 2 aromatic carbocycles. The first kappa shape index (κ1) is 36.0. The molecule has 1 unspecified atom stereocenters. The summed E-state index contributed by atoms with van der Waals surface area (Å²) in [6.45, 7) is 10.9. The summed E-state index contributed by atoms with van der Waals surface area (Å²) in [5, 5.41) is 21.7. The van der Waals surface area contributed by atoms with Gasteiger partial charge in [-0.2, -0.15) is 10.2 Å². The molecule has 4 aliphatic heterocycles. The summed E-state index contributed by atoms with van der Waals surface area (Å²) < 4.78 is 5.09. The number of benzene rings is 2. The lowest BCUT2D eigenvalue weighted by molar-refractivity contribution is -0.134. The van der Waals surface area contributed by atoms with Gasteiger partial charge in [-0.05, 0) is 68.7 Å². The highest BCUT2D eigenvalue weighted by Gasteiger charge is 2.32. The van der Waals surface area contributed by atoms with E-state index in [-0.39, 0.29) is 23.8 Å². The van der Waals surface area contributed by atoms with Crippen molar-refractivity contribution in [3.63, 3.8) is 0 Å². The lowest BCUT2D eigenvalue weighted by Gasteiger charge is -2.38. The van der Waals surface area contributed by atoms with Crippen LogP contribution in [0.4, 0.5) is 11.4 Å². The van der Waals surface area contributed by atoms with Gasteiger partial charge in [0.1, 0.15) is 4.88 Å². The maximum atomic E-state index is 12.9. The number of aryl methyl sites for hydroxylation is 1. The van der Waals surface area contributed by atoms with Crippen LogP contribution < -0.4 is 20.9 Å². The first-order chi connectivity index (χ1) is 27.8. The highest BCUT2D eigenvalue weighted by atomic mass is 32.1. The van der Waals surface area contributed by atoms with E-state index in [1.54, 1.807) is 0 Å². The van der Waals surface area contributed by atoms with E-state index in [1.807, 2.05) is 24.9 Å². The van der Waals surface area contributed by atoms with E-state index in [0.29, 0.717) is 25.4 Å². The minimum atomic E-state index is -0.393. The monoisotopic (exact) mass is 785 g/mol. The summed E-state index contributed by atoms with van der Waals surface area (Å²) in [4.78, 5) is 50.5. The third-order valence-electron chi connectivity index (χ3n) is 12.4. The lowest BCUT2D eigenvalue weighted by atomic mass is 9.93. The third kappa shape index (κ3) is 6.70. The van der Waals surface area contributed by atoms with Crippen molar-refractivity contribution < 1.29 is 14.4 Å². The van der Waals surface area contributed by atoms with Gasteiger partial charge in [0.2, 0.25) is 11.8 Å². The highest BCUT2D eigenvalue weighted by molar-refractivity contribution is 7.21. The number of carbonyl (C=O) groups is 3. The number of pyridine rings is 1. The molecule has 10 rings (SSSR count). The molecule has 14 nitrogen and oxygen atoms in total. The van der Waals surface area contributed by atoms with Crippen LogP contribution in [-0.4, -0.2) is 117 Å². The van der Waals surface area contributed by atoms with Crippen LogP contribution in [0.5, 0.6) is 0 Å². The van der Waals surface area contributed by atoms with Crippen LogP contribution in [0.25, 0.3) is 43.1 Å². The number of likely N-dealkylation sites (tertiary alicyclic amines) is 1. The Kier molecular flexibility index (Phi) is 9.17. The molecule has 3 fully saturated rings. The Morgan fingerprint density at radius 2 is 1.68 bits per heavy atom. The van der Waals surface area contributed by atoms with E-state index in [4.69, 9.17) is 15.2 Å². The van der Waals surface area contributed by atoms with Crippen LogP contribution in [0, 0.1) is 0 Å². The van der Waals surface area contributed by atoms with Gasteiger partial charge < -0.3 is 20.4 Å². The molecule has 4 aliphatic rings. The van der Waals surface area contributed by atoms with Crippen molar-refractivity contribution in [2.45, 2.75) is 50.6 Å². The standard InChI is InChI=1S/C42H47N11O3S/c1-25-22-43-39-37-29-5-7-32(46-33(29)8-9-35(37)57-40(39)42(56)45-25)26-23-44-53(24-26)27-11-13-50(14-12-27)15-16-51-17-19-52(20-18-51)28-3-4-30-34(21-28)49(2)48-38(30)31-6-10-36(54)47-41(31)55/h3-5,7-9,21,23-25,27,31,43H,6,10-20,22H2,1-2H3,(H,45,56)(H,47,54,55)/t25-,31?/m1/s1. The zero-order chi connectivity index (χ0) is 38.8. The number of nitrogens with zero attached hydrogens (tertiary/aromatic N) is 8. The molecule has 0 aliphatic carbocycles. The number of amides is 3. The molecule has 0 spiro atoms. The Morgan fingerprint density at radius 3 is 2.49 bits per heavy atom. The predicted molar refractivity (Wildman–Crippen MR) is 223 cm³/mol. The van der Waals surface area contributed by atoms with Crippen LogP contribution in [0.1, 0.15) is 59.9 Å². The van der Waals surface area contributed by atoms with E-state index in [0.717, 1.165) is 125 Å². The second kappa shape index (κ2) is 14.5. The van der Waals surface area contributed by atoms with E-state index in [9.17, 15) is 14.4 Å². The van der Waals surface area contributed by atoms with Crippen LogP contribution in [0.15, 0.2) is 54.9 Å². The molecule has 3 N–H and O–H groups in total. The SMILES string of the molecule is C[C@@H]1CNc2c(sc3ccc4nc(-c5cnn(C6CCN(CCN7CCN(c8ccc9c(C%10CCC(=O)NC%10=O)nn(C)c9c8)CC7)CC6)c5)ccc4c23)C(=O)N1. The Hall–Kier alpha value is -5.38. The molecule has 8 heterocycles. The average molecular weight is 786 g/mol. The topological polar surface area (TPSA) is 146 Å². The second-order valence-corrected chi connectivity index (χ2v) is 17.1. The normalized spacial score (nSPS) is 21.5. The van der Waals surface area contributed by atoms with Gasteiger partial charge in [0.05, 0.1) is 46.3 Å². The molecule has 15 heteroatoms. The van der Waals surface area contributed by atoms with Gasteiger partial charge in [-0.3, -0.25) is 34.0 Å². The maximum Gasteiger partial charge on any atom is 0.263 e. The Balaban J connectivity index is 0.722. The van der Waals surface area contributed by atoms with Crippen molar-refractivity contribution in [2.24, 2.45) is 7.05 Å². The zero-order valence-electron chi connectivity index (χ0n) is 32.3. The van der Waals surface area contributed by atoms with Crippen molar-refractivity contribution in [2.75, 3.05) is 69.1 Å². The summed E-state index contributed by atoms with van der Waals surface area (Å²) in [5.74, 6) is -0.868. The van der Waals surface area contributed by atoms with Crippen molar-refractivity contribution in [1.29, 1.82) is 0 Å². The molecule has 0 saturated carbocycles. The van der Waals surface area contributed by atoms with Gasteiger partial charge in [-0.25, -0.2) is 4.98 Å². The number of thiophene rings is 1. The largest absolute Gasteiger partial charge is 0.381 e. The van der Waals surface area contributed by atoms with Crippen LogP contribution >= 0.6 is 11.3 Å². The van der Waals surface area contributed by atoms with E-state index >= 15 is 0 Å². The molecule has 3 amide bonds. The second-order valence-electron chi connectivity index (χ2n) is 16.1. The summed E-state index contributed by atoms with van der Waals surface area (Å²) in [5.41, 5.74) is 6.70. The van der Waals surface area contributed by atoms with Gasteiger partial charge in [0.15, 0.2) is 0 Å². The summed E-state index contributed by atoms with van der Waals surface area (Å²) in [6.07, 6.45) is 7.08. The lowest BCUT2D eigenvalue weighted by Crippen LogP contribution is -2.49. The Bertz CT molecular complexity index is 2540. The number of hydrogen-bond donors (Lipinski definition) is 3. The molecular weight excluding hydrogens is 739 g/mol. The van der Waals surface area contributed by atoms with Crippen LogP contribution in [-0.2, 0) is 16.6 Å². The molecule has 294 valence electrons. The molecule has 3 saturated heterocycles. The zero-order valence-corrected chi connectivity index (χ0v) is 33.1. The summed E-state index contributed by atoms with van der Waals surface area (Å²) in [7, 11) is 1.93. The Labute approximate surface area is 334 Å². The third-order valence-corrected chi connectivity index (χ3v) is 13.6. The van der Waals surface area contributed by atoms with E-state index in [1.165, 1.54) is 17.0 Å². The molecule has 4 aromatic heterocycles. The number of piperidine rings is 2. The van der Waals surface area contributed by atoms with Crippen molar-refractivity contribution in [3.05, 3.63) is 65.4 Å². The van der Waals surface area contributed by atoms with E-state index in [2.05, 4.69) is 84.0 Å². The van der Waals surface area contributed by atoms with Crippen LogP contribution in [0.3, 0.4) is 0 Å². The minimum Gasteiger partial charge on any atom is -0.381 e. The number of carbonyl (C=O) groups excluding carboxylic acids is 3. The molecule has 0 radical (unpaired) electrons. The number of fused-ring (bicyclic) bond motifs is 6. The summed E-state index contributed by atoms with van der Waals surface area (Å²) >= 11 is 1.53. The fraction of sp³-hybridized carbons (Fsp3) is 0.429. The van der Waals surface area contributed by atoms with Crippen molar-refractivity contribution >= 4 is 72.3 Å². The Morgan fingerprint density at radius 1 is 0.895 bits per heavy atom. The average Bonchev–Trinajstić information content (AvgIpc) is 3.93. The number of anilines is 2. The van der Waals surface area contributed by atoms with Gasteiger partial charge in [0.25, 0.3) is 5.91 Å². The van der Waals surface area contributed by atoms with Crippen molar-refractivity contribution in [1.82, 2.24) is 45.0 Å². The fourth-order valence-corrected chi connectivity index (χ4v) is 10.3. The summed E-state index contributed by atoms with van der Waals surface area (Å²) in [6, 6.07) is 15.2. The molecule has 57 heavy (non-hydrogen) atoms. The molecule has 6 aromatic rings. The number of hydrogen-bond acceptors (Lipinski definition) is 11. The predicted octanol–water partition coefficient (Wildman–Crippen LogP) is 4.72. The maximum absolute atomic E-state index is 12.9. The van der Waals surface area contributed by atoms with Crippen molar-refractivity contribution in [3.8, 4) is 11.3 Å². The van der Waals surface area contributed by atoms with Crippen LogP contribution in [0.2, 0.25) is 0 Å². The number of rotatable bonds is 7. The smallest absolute Gasteiger partial charge is 0.263 e. The van der Waals surface area contributed by atoms with Gasteiger partial charge in [-0.15, -0.1) is 11.3 Å². The number of imide groups is 1. The fourth-order valence-electron chi connectivity index (χ4n) is 9.16. The van der Waals surface area contributed by atoms with Gasteiger partial charge >= 0.3 is 0 Å². The minimum absolute atomic E-state index is 0.0164. The number of nitrogens with one attached hydrogen (secondary N) is 3. The first-order valence-corrected chi connectivity index (χ1v) is 21.0. The quantitative estimate of drug-likeness (QED) is 0.195. The van der Waals surface area contributed by atoms with Gasteiger partial charge in [0, 0.05) is 117 Å². The number of piperazine rings is 1. The first-order valence-electron chi connectivity index (χ1n) is 20.2. The highest BCUT2D eigenvalue weighted by Crippen LogP contribution is 2.41. The molecular formula is C42H47N11O3S. The van der Waals surface area contributed by atoms with E-state index < -0.39 is 5.92 Å². The number of aromatic nitrogens is 5. The molecule has 2 atom stereocenters. The molecule has 0 bridgehead atoms.